The summed E-state index contributed by atoms with van der Waals surface area (Å²) in [7, 11) is -0.202. The van der Waals surface area contributed by atoms with E-state index in [-0.39, 0.29) is 11.4 Å². The first-order chi connectivity index (χ1) is 16.5. The molecule has 0 atom stereocenters. The summed E-state index contributed by atoms with van der Waals surface area (Å²) < 4.78 is 29.9. The maximum absolute atomic E-state index is 13.1. The van der Waals surface area contributed by atoms with Crippen LogP contribution in [0.15, 0.2) is 47.8 Å². The molecule has 2 heterocycles. The van der Waals surface area contributed by atoms with Gasteiger partial charge in [0.25, 0.3) is 10.0 Å². The number of nitrogens with zero attached hydrogens (tertiary/aromatic N) is 4. The molecule has 1 aromatic carbocycles. The number of carbonyl (C=O) groups excluding carboxylic acids is 1. The SMILES string of the molecule is Cc1cc(-c2ccc3c(c2CC(=O)NS(=O)(=O)c2ccn(C(C)(C)CN(C)C)n2)CCC3)ccn1. The molecule has 0 aliphatic heterocycles. The normalized spacial score (nSPS) is 13.8. The molecular formula is C26H33N5O3S. The van der Waals surface area contributed by atoms with E-state index >= 15 is 0 Å². The number of nitrogens with one attached hydrogen (secondary N) is 1. The average molecular weight is 496 g/mol. The number of hydrogen-bond acceptors (Lipinski definition) is 6. The minimum Gasteiger partial charge on any atom is -0.307 e. The topological polar surface area (TPSA) is 97.2 Å². The van der Waals surface area contributed by atoms with Crippen LogP contribution in [0.3, 0.4) is 0 Å². The Balaban J connectivity index is 1.59. The minimum atomic E-state index is -4.10. The number of benzene rings is 1. The fourth-order valence-corrected chi connectivity index (χ4v) is 5.87. The lowest BCUT2D eigenvalue weighted by Crippen LogP contribution is -2.38. The summed E-state index contributed by atoms with van der Waals surface area (Å²) in [6.45, 7) is 6.56. The van der Waals surface area contributed by atoms with Gasteiger partial charge in [0.15, 0.2) is 5.03 Å². The van der Waals surface area contributed by atoms with Gasteiger partial charge in [-0.05, 0) is 100 Å². The van der Waals surface area contributed by atoms with Crippen molar-refractivity contribution in [2.24, 2.45) is 0 Å². The molecule has 186 valence electrons. The summed E-state index contributed by atoms with van der Waals surface area (Å²) in [6, 6.07) is 9.48. The van der Waals surface area contributed by atoms with Gasteiger partial charge < -0.3 is 4.90 Å². The third-order valence-corrected chi connectivity index (χ3v) is 7.62. The molecule has 1 amide bonds. The second kappa shape index (κ2) is 9.54. The lowest BCUT2D eigenvalue weighted by Gasteiger charge is -2.28. The van der Waals surface area contributed by atoms with Gasteiger partial charge in [-0.3, -0.25) is 14.5 Å². The van der Waals surface area contributed by atoms with Crippen LogP contribution in [-0.4, -0.2) is 54.6 Å². The molecule has 2 aromatic heterocycles. The molecule has 0 saturated carbocycles. The lowest BCUT2D eigenvalue weighted by atomic mass is 9.91. The fraction of sp³-hybridized carbons (Fsp3) is 0.423. The first-order valence-electron chi connectivity index (χ1n) is 11.8. The number of fused-ring (bicyclic) bond motifs is 1. The fourth-order valence-electron chi connectivity index (χ4n) is 4.96. The van der Waals surface area contributed by atoms with Crippen molar-refractivity contribution in [3.63, 3.8) is 0 Å². The molecule has 1 aliphatic carbocycles. The number of aryl methyl sites for hydroxylation is 2. The summed E-state index contributed by atoms with van der Waals surface area (Å²) in [6.07, 6.45) is 6.25. The van der Waals surface area contributed by atoms with Gasteiger partial charge in [-0.1, -0.05) is 12.1 Å². The Morgan fingerprint density at radius 1 is 1.17 bits per heavy atom. The van der Waals surface area contributed by atoms with Gasteiger partial charge in [0.1, 0.15) is 0 Å². The van der Waals surface area contributed by atoms with E-state index in [9.17, 15) is 13.2 Å². The highest BCUT2D eigenvalue weighted by Gasteiger charge is 2.28. The summed E-state index contributed by atoms with van der Waals surface area (Å²) in [5, 5.41) is 4.11. The number of likely N-dealkylation sites (N-methyl/N-ethyl adjacent to an activating group) is 1. The molecule has 1 aliphatic rings. The average Bonchev–Trinajstić information content (AvgIpc) is 3.43. The van der Waals surface area contributed by atoms with Gasteiger partial charge in [-0.2, -0.15) is 13.5 Å². The zero-order valence-corrected chi connectivity index (χ0v) is 21.8. The van der Waals surface area contributed by atoms with E-state index in [1.807, 2.05) is 58.0 Å². The van der Waals surface area contributed by atoms with Crippen LogP contribution < -0.4 is 4.72 Å². The number of rotatable bonds is 8. The molecule has 0 radical (unpaired) electrons. The van der Waals surface area contributed by atoms with Gasteiger partial charge >= 0.3 is 0 Å². The molecule has 1 N–H and O–H groups in total. The summed E-state index contributed by atoms with van der Waals surface area (Å²) >= 11 is 0. The number of aromatic nitrogens is 3. The van der Waals surface area contributed by atoms with Crippen molar-refractivity contribution < 1.29 is 13.2 Å². The van der Waals surface area contributed by atoms with Crippen LogP contribution in [0.25, 0.3) is 11.1 Å². The molecule has 0 spiro atoms. The zero-order valence-electron chi connectivity index (χ0n) is 21.0. The number of pyridine rings is 1. The van der Waals surface area contributed by atoms with Gasteiger partial charge in [0.2, 0.25) is 5.91 Å². The zero-order chi connectivity index (χ0) is 25.4. The van der Waals surface area contributed by atoms with Crippen LogP contribution in [0.1, 0.15) is 42.7 Å². The maximum Gasteiger partial charge on any atom is 0.283 e. The van der Waals surface area contributed by atoms with E-state index in [0.29, 0.717) is 6.54 Å². The van der Waals surface area contributed by atoms with Crippen LogP contribution in [0.2, 0.25) is 0 Å². The minimum absolute atomic E-state index is 0.0219. The Morgan fingerprint density at radius 2 is 1.94 bits per heavy atom. The second-order valence-electron chi connectivity index (χ2n) is 10.1. The predicted molar refractivity (Wildman–Crippen MR) is 136 cm³/mol. The van der Waals surface area contributed by atoms with Crippen molar-refractivity contribution >= 4 is 15.9 Å². The quantitative estimate of drug-likeness (QED) is 0.516. The molecule has 8 nitrogen and oxygen atoms in total. The van der Waals surface area contributed by atoms with Crippen LogP contribution in [0, 0.1) is 6.92 Å². The Morgan fingerprint density at radius 3 is 2.66 bits per heavy atom. The highest BCUT2D eigenvalue weighted by molar-refractivity contribution is 7.90. The van der Waals surface area contributed by atoms with Crippen molar-refractivity contribution in [2.75, 3.05) is 20.6 Å². The Labute approximate surface area is 207 Å². The van der Waals surface area contributed by atoms with Crippen LogP contribution in [0.5, 0.6) is 0 Å². The number of sulfonamides is 1. The smallest absolute Gasteiger partial charge is 0.283 e. The lowest BCUT2D eigenvalue weighted by molar-refractivity contribution is -0.118. The van der Waals surface area contributed by atoms with E-state index < -0.39 is 21.5 Å². The molecule has 4 rings (SSSR count). The van der Waals surface area contributed by atoms with Gasteiger partial charge in [0.05, 0.1) is 12.0 Å². The summed E-state index contributed by atoms with van der Waals surface area (Å²) in [5.41, 5.74) is 5.65. The molecule has 9 heteroatoms. The summed E-state index contributed by atoms with van der Waals surface area (Å²) in [5.74, 6) is -0.570. The van der Waals surface area contributed by atoms with Gasteiger partial charge in [0, 0.05) is 24.6 Å². The number of carbonyl (C=O) groups is 1. The summed E-state index contributed by atoms with van der Waals surface area (Å²) in [4.78, 5) is 19.3. The van der Waals surface area contributed by atoms with Crippen LogP contribution in [0.4, 0.5) is 0 Å². The Bertz CT molecular complexity index is 1360. The third kappa shape index (κ3) is 5.46. The monoisotopic (exact) mass is 495 g/mol. The van der Waals surface area contributed by atoms with Crippen LogP contribution >= 0.6 is 0 Å². The van der Waals surface area contributed by atoms with E-state index in [0.717, 1.165) is 47.2 Å². The van der Waals surface area contributed by atoms with E-state index in [1.54, 1.807) is 17.1 Å². The Hall–Kier alpha value is -3.04. The van der Waals surface area contributed by atoms with E-state index in [2.05, 4.69) is 20.9 Å². The molecule has 0 unspecified atom stereocenters. The molecular weight excluding hydrogens is 462 g/mol. The highest BCUT2D eigenvalue weighted by atomic mass is 32.2. The molecule has 0 fully saturated rings. The number of hydrogen-bond donors (Lipinski definition) is 1. The van der Waals surface area contributed by atoms with Crippen molar-refractivity contribution in [3.8, 4) is 11.1 Å². The van der Waals surface area contributed by atoms with Crippen molar-refractivity contribution in [1.82, 2.24) is 24.4 Å². The second-order valence-corrected chi connectivity index (χ2v) is 11.8. The van der Waals surface area contributed by atoms with Crippen LogP contribution in [-0.2, 0) is 39.6 Å². The third-order valence-electron chi connectivity index (χ3n) is 6.36. The maximum atomic E-state index is 13.1. The Kier molecular flexibility index (Phi) is 6.83. The standard InChI is InChI=1S/C26H33N5O3S/c1-18-15-20(11-13-27-18)22-10-9-19-7-6-8-21(19)23(22)16-24(32)29-35(33,34)25-12-14-31(28-25)26(2,3)17-30(4)5/h9-15H,6-8,16-17H2,1-5H3,(H,29,32). The van der Waals surface area contributed by atoms with Crippen molar-refractivity contribution in [1.29, 1.82) is 0 Å². The number of amides is 1. The molecule has 35 heavy (non-hydrogen) atoms. The largest absolute Gasteiger partial charge is 0.307 e. The van der Waals surface area contributed by atoms with Gasteiger partial charge in [-0.25, -0.2) is 4.72 Å². The van der Waals surface area contributed by atoms with Gasteiger partial charge in [-0.15, -0.1) is 0 Å². The molecule has 0 saturated heterocycles. The highest BCUT2D eigenvalue weighted by Crippen LogP contribution is 2.34. The van der Waals surface area contributed by atoms with E-state index in [1.165, 1.54) is 11.6 Å². The van der Waals surface area contributed by atoms with Crippen molar-refractivity contribution in [2.45, 2.75) is 57.0 Å². The molecule has 0 bridgehead atoms. The predicted octanol–water partition coefficient (Wildman–Crippen LogP) is 3.09. The van der Waals surface area contributed by atoms with Crippen molar-refractivity contribution in [3.05, 3.63) is 65.1 Å². The van der Waals surface area contributed by atoms with E-state index in [4.69, 9.17) is 0 Å². The first-order valence-corrected chi connectivity index (χ1v) is 13.3. The first kappa shape index (κ1) is 25.1. The molecule has 3 aromatic rings.